The molecular formula is C12H12Cl2N2. The minimum absolute atomic E-state index is 0.660. The second-order valence-electron chi connectivity index (χ2n) is 3.78. The minimum Gasteiger partial charge on any atom is -0.330 e. The fourth-order valence-electron chi connectivity index (χ4n) is 1.54. The number of hydrogen-bond donors (Lipinski definition) is 0. The summed E-state index contributed by atoms with van der Waals surface area (Å²) in [4.78, 5) is 4.25. The van der Waals surface area contributed by atoms with Crippen molar-refractivity contribution < 1.29 is 0 Å². The summed E-state index contributed by atoms with van der Waals surface area (Å²) in [6, 6.07) is 5.55. The Morgan fingerprint density at radius 2 is 2.00 bits per heavy atom. The van der Waals surface area contributed by atoms with Crippen LogP contribution in [0, 0.1) is 13.8 Å². The molecule has 2 rings (SSSR count). The van der Waals surface area contributed by atoms with Crippen LogP contribution in [0.5, 0.6) is 0 Å². The molecule has 0 radical (unpaired) electrons. The van der Waals surface area contributed by atoms with Crippen molar-refractivity contribution in [2.75, 3.05) is 0 Å². The van der Waals surface area contributed by atoms with Gasteiger partial charge in [-0.3, -0.25) is 0 Å². The summed E-state index contributed by atoms with van der Waals surface area (Å²) >= 11 is 12.0. The molecule has 0 spiro atoms. The van der Waals surface area contributed by atoms with Crippen LogP contribution < -0.4 is 0 Å². The van der Waals surface area contributed by atoms with Crippen LogP contribution in [0.4, 0.5) is 0 Å². The molecule has 0 aliphatic carbocycles. The topological polar surface area (TPSA) is 17.8 Å². The van der Waals surface area contributed by atoms with Gasteiger partial charge in [-0.2, -0.15) is 0 Å². The third kappa shape index (κ3) is 2.23. The van der Waals surface area contributed by atoms with E-state index >= 15 is 0 Å². The first kappa shape index (κ1) is 11.5. The maximum Gasteiger partial charge on any atom is 0.0954 e. The highest BCUT2D eigenvalue weighted by atomic mass is 35.5. The first-order valence-corrected chi connectivity index (χ1v) is 5.76. The number of hydrogen-bond acceptors (Lipinski definition) is 1. The molecule has 1 aromatic heterocycles. The zero-order valence-corrected chi connectivity index (χ0v) is 10.7. The highest BCUT2D eigenvalue weighted by Gasteiger charge is 2.05. The number of aromatic nitrogens is 2. The number of imidazole rings is 1. The average molecular weight is 255 g/mol. The van der Waals surface area contributed by atoms with Crippen LogP contribution in [-0.4, -0.2) is 9.55 Å². The van der Waals surface area contributed by atoms with Gasteiger partial charge in [0.05, 0.1) is 18.6 Å². The van der Waals surface area contributed by atoms with Gasteiger partial charge in [0.1, 0.15) is 0 Å². The molecule has 0 N–H and O–H groups in total. The maximum atomic E-state index is 6.12. The monoisotopic (exact) mass is 254 g/mol. The Hall–Kier alpha value is -0.990. The quantitative estimate of drug-likeness (QED) is 0.796. The second kappa shape index (κ2) is 4.48. The maximum absolute atomic E-state index is 6.12. The second-order valence-corrected chi connectivity index (χ2v) is 4.62. The predicted molar refractivity (Wildman–Crippen MR) is 67.3 cm³/mol. The standard InChI is InChI=1S/C12H12Cl2N2/c1-8-9(2)16(7-15-8)6-10-3-4-11(13)5-12(10)14/h3-5,7H,6H2,1-2H3. The number of halogens is 2. The van der Waals surface area contributed by atoms with E-state index in [9.17, 15) is 0 Å². The first-order valence-electron chi connectivity index (χ1n) is 5.00. The van der Waals surface area contributed by atoms with Crippen molar-refractivity contribution in [3.05, 3.63) is 51.5 Å². The lowest BCUT2D eigenvalue weighted by molar-refractivity contribution is 0.769. The van der Waals surface area contributed by atoms with E-state index in [1.807, 2.05) is 32.3 Å². The lowest BCUT2D eigenvalue weighted by Gasteiger charge is -2.07. The van der Waals surface area contributed by atoms with E-state index in [0.29, 0.717) is 10.0 Å². The van der Waals surface area contributed by atoms with E-state index < -0.39 is 0 Å². The Balaban J connectivity index is 2.30. The van der Waals surface area contributed by atoms with Crippen LogP contribution in [0.2, 0.25) is 10.0 Å². The molecule has 2 aromatic rings. The van der Waals surface area contributed by atoms with E-state index in [1.165, 1.54) is 0 Å². The van der Waals surface area contributed by atoms with Crippen molar-refractivity contribution in [2.45, 2.75) is 20.4 Å². The molecule has 0 saturated heterocycles. The number of nitrogens with zero attached hydrogens (tertiary/aromatic N) is 2. The van der Waals surface area contributed by atoms with Gasteiger partial charge in [-0.15, -0.1) is 0 Å². The molecule has 1 heterocycles. The SMILES string of the molecule is Cc1ncn(Cc2ccc(Cl)cc2Cl)c1C. The molecular weight excluding hydrogens is 243 g/mol. The Labute approximate surface area is 105 Å². The van der Waals surface area contributed by atoms with Gasteiger partial charge in [-0.1, -0.05) is 29.3 Å². The smallest absolute Gasteiger partial charge is 0.0954 e. The number of benzene rings is 1. The van der Waals surface area contributed by atoms with Gasteiger partial charge in [0.15, 0.2) is 0 Å². The van der Waals surface area contributed by atoms with E-state index in [-0.39, 0.29) is 0 Å². The van der Waals surface area contributed by atoms with Crippen molar-refractivity contribution in [1.29, 1.82) is 0 Å². The minimum atomic E-state index is 0.660. The highest BCUT2D eigenvalue weighted by Crippen LogP contribution is 2.22. The molecule has 16 heavy (non-hydrogen) atoms. The molecule has 84 valence electrons. The van der Waals surface area contributed by atoms with E-state index in [0.717, 1.165) is 23.5 Å². The van der Waals surface area contributed by atoms with E-state index in [2.05, 4.69) is 9.55 Å². The summed E-state index contributed by atoms with van der Waals surface area (Å²) in [5.74, 6) is 0. The van der Waals surface area contributed by atoms with Crippen LogP contribution in [0.25, 0.3) is 0 Å². The Kier molecular flexibility index (Phi) is 3.22. The first-order chi connectivity index (χ1) is 7.58. The molecule has 4 heteroatoms. The molecule has 2 nitrogen and oxygen atoms in total. The molecule has 0 atom stereocenters. The zero-order valence-electron chi connectivity index (χ0n) is 9.17. The van der Waals surface area contributed by atoms with Crippen LogP contribution in [-0.2, 0) is 6.54 Å². The van der Waals surface area contributed by atoms with Crippen molar-refractivity contribution in [1.82, 2.24) is 9.55 Å². The van der Waals surface area contributed by atoms with Gasteiger partial charge in [-0.05, 0) is 31.5 Å². The Morgan fingerprint density at radius 3 is 2.56 bits per heavy atom. The third-order valence-electron chi connectivity index (χ3n) is 2.70. The highest BCUT2D eigenvalue weighted by molar-refractivity contribution is 6.35. The van der Waals surface area contributed by atoms with Gasteiger partial charge in [-0.25, -0.2) is 4.98 Å². The van der Waals surface area contributed by atoms with Crippen molar-refractivity contribution >= 4 is 23.2 Å². The zero-order chi connectivity index (χ0) is 11.7. The molecule has 0 aliphatic rings. The molecule has 0 saturated carbocycles. The molecule has 0 unspecified atom stereocenters. The largest absolute Gasteiger partial charge is 0.330 e. The predicted octanol–water partition coefficient (Wildman–Crippen LogP) is 3.86. The van der Waals surface area contributed by atoms with Crippen LogP contribution in [0.1, 0.15) is 17.0 Å². The average Bonchev–Trinajstić information content (AvgIpc) is 2.54. The third-order valence-corrected chi connectivity index (χ3v) is 3.29. The molecule has 0 bridgehead atoms. The molecule has 0 amide bonds. The summed E-state index contributed by atoms with van der Waals surface area (Å²) in [6.07, 6.45) is 1.83. The van der Waals surface area contributed by atoms with Crippen molar-refractivity contribution in [2.24, 2.45) is 0 Å². The number of rotatable bonds is 2. The Morgan fingerprint density at radius 1 is 1.25 bits per heavy atom. The van der Waals surface area contributed by atoms with Crippen LogP contribution in [0.15, 0.2) is 24.5 Å². The van der Waals surface area contributed by atoms with Gasteiger partial charge >= 0.3 is 0 Å². The van der Waals surface area contributed by atoms with Crippen molar-refractivity contribution in [3.63, 3.8) is 0 Å². The van der Waals surface area contributed by atoms with E-state index in [1.54, 1.807) is 6.07 Å². The summed E-state index contributed by atoms with van der Waals surface area (Å²) in [5, 5.41) is 1.35. The fraction of sp³-hybridized carbons (Fsp3) is 0.250. The fourth-order valence-corrected chi connectivity index (χ4v) is 2.01. The van der Waals surface area contributed by atoms with E-state index in [4.69, 9.17) is 23.2 Å². The summed E-state index contributed by atoms with van der Waals surface area (Å²) in [5.41, 5.74) is 3.25. The Bertz CT molecular complexity index is 518. The van der Waals surface area contributed by atoms with Gasteiger partial charge < -0.3 is 4.57 Å². The summed E-state index contributed by atoms with van der Waals surface area (Å²) in [7, 11) is 0. The summed E-state index contributed by atoms with van der Waals surface area (Å²) in [6.45, 7) is 4.77. The van der Waals surface area contributed by atoms with Gasteiger partial charge in [0.2, 0.25) is 0 Å². The van der Waals surface area contributed by atoms with Gasteiger partial charge in [0, 0.05) is 15.7 Å². The molecule has 1 aromatic carbocycles. The van der Waals surface area contributed by atoms with Gasteiger partial charge in [0.25, 0.3) is 0 Å². The summed E-state index contributed by atoms with van der Waals surface area (Å²) < 4.78 is 2.07. The molecule has 0 fully saturated rings. The lowest BCUT2D eigenvalue weighted by Crippen LogP contribution is -2.01. The van der Waals surface area contributed by atoms with Crippen LogP contribution in [0.3, 0.4) is 0 Å². The molecule has 0 aliphatic heterocycles. The van der Waals surface area contributed by atoms with Crippen molar-refractivity contribution in [3.8, 4) is 0 Å². The normalized spacial score (nSPS) is 10.8. The number of aryl methyl sites for hydroxylation is 1. The van der Waals surface area contributed by atoms with Crippen LogP contribution >= 0.6 is 23.2 Å². The lowest BCUT2D eigenvalue weighted by atomic mass is 10.2.